The van der Waals surface area contributed by atoms with E-state index in [0.29, 0.717) is 17.7 Å². The van der Waals surface area contributed by atoms with Crippen LogP contribution >= 0.6 is 0 Å². The fourth-order valence-corrected chi connectivity index (χ4v) is 3.21. The van der Waals surface area contributed by atoms with Gasteiger partial charge in [-0.2, -0.15) is 0 Å². The molecule has 0 N–H and O–H groups in total. The maximum absolute atomic E-state index is 11.8. The molecule has 1 heterocycles. The van der Waals surface area contributed by atoms with E-state index in [0.717, 1.165) is 31.7 Å². The molecule has 92 valence electrons. The molecule has 16 heavy (non-hydrogen) atoms. The highest BCUT2D eigenvalue weighted by Gasteiger charge is 2.30. The van der Waals surface area contributed by atoms with Crippen LogP contribution < -0.4 is 0 Å². The zero-order chi connectivity index (χ0) is 11.5. The van der Waals surface area contributed by atoms with E-state index in [1.54, 1.807) is 0 Å². The molecule has 0 aromatic heterocycles. The summed E-state index contributed by atoms with van der Waals surface area (Å²) in [6.45, 7) is 6.91. The first kappa shape index (κ1) is 12.1. The Morgan fingerprint density at radius 3 is 2.75 bits per heavy atom. The van der Waals surface area contributed by atoms with Gasteiger partial charge in [0.15, 0.2) is 0 Å². The summed E-state index contributed by atoms with van der Waals surface area (Å²) in [5.41, 5.74) is 0. The summed E-state index contributed by atoms with van der Waals surface area (Å²) in [7, 11) is 0. The van der Waals surface area contributed by atoms with Crippen LogP contribution in [-0.4, -0.2) is 29.8 Å². The number of piperidine rings is 1. The summed E-state index contributed by atoms with van der Waals surface area (Å²) in [4.78, 5) is 14.4. The molecule has 2 fully saturated rings. The number of hydrogen-bond acceptors (Lipinski definition) is 2. The fourth-order valence-electron chi connectivity index (χ4n) is 3.21. The van der Waals surface area contributed by atoms with E-state index in [4.69, 9.17) is 0 Å². The van der Waals surface area contributed by atoms with Gasteiger partial charge in [0.1, 0.15) is 5.78 Å². The number of likely N-dealkylation sites (tertiary alicyclic amines) is 1. The van der Waals surface area contributed by atoms with Gasteiger partial charge in [0.2, 0.25) is 0 Å². The number of carbonyl (C=O) groups excluding carboxylic acids is 1. The Kier molecular flexibility index (Phi) is 4.01. The van der Waals surface area contributed by atoms with Crippen molar-refractivity contribution in [1.29, 1.82) is 0 Å². The minimum Gasteiger partial charge on any atom is -0.300 e. The molecule has 2 rings (SSSR count). The average molecular weight is 223 g/mol. The van der Waals surface area contributed by atoms with Gasteiger partial charge in [-0.1, -0.05) is 13.3 Å². The minimum absolute atomic E-state index is 0.349. The standard InChI is InChI=1S/C14H25NO/c1-11-6-5-9-15(12(11)2)10-13-7-3-4-8-14(13)16/h11-13H,3-10H2,1-2H3. The summed E-state index contributed by atoms with van der Waals surface area (Å²) in [6, 6.07) is 0.670. The molecule has 0 aromatic rings. The van der Waals surface area contributed by atoms with Crippen LogP contribution in [0, 0.1) is 11.8 Å². The third-order valence-corrected chi connectivity index (χ3v) is 4.64. The Hall–Kier alpha value is -0.370. The predicted molar refractivity (Wildman–Crippen MR) is 66.4 cm³/mol. The molecular weight excluding hydrogens is 198 g/mol. The van der Waals surface area contributed by atoms with Crippen LogP contribution in [0.4, 0.5) is 0 Å². The zero-order valence-electron chi connectivity index (χ0n) is 10.7. The van der Waals surface area contributed by atoms with Crippen molar-refractivity contribution in [2.24, 2.45) is 11.8 Å². The van der Waals surface area contributed by atoms with Gasteiger partial charge >= 0.3 is 0 Å². The second-order valence-corrected chi connectivity index (χ2v) is 5.76. The van der Waals surface area contributed by atoms with Gasteiger partial charge in [-0.25, -0.2) is 0 Å². The van der Waals surface area contributed by atoms with Crippen LogP contribution in [-0.2, 0) is 4.79 Å². The van der Waals surface area contributed by atoms with Crippen molar-refractivity contribution < 1.29 is 4.79 Å². The molecule has 3 unspecified atom stereocenters. The van der Waals surface area contributed by atoms with Crippen molar-refractivity contribution in [2.45, 2.75) is 58.4 Å². The van der Waals surface area contributed by atoms with E-state index in [1.165, 1.54) is 25.8 Å². The normalized spacial score (nSPS) is 37.6. The molecule has 1 saturated heterocycles. The third kappa shape index (κ3) is 2.65. The second kappa shape index (κ2) is 5.31. The number of carbonyl (C=O) groups is 1. The Labute approximate surface area is 99.4 Å². The molecule has 2 aliphatic rings. The van der Waals surface area contributed by atoms with Crippen LogP contribution in [0.15, 0.2) is 0 Å². The first-order chi connectivity index (χ1) is 7.68. The van der Waals surface area contributed by atoms with Gasteiger partial charge in [-0.3, -0.25) is 9.69 Å². The molecule has 1 saturated carbocycles. The third-order valence-electron chi connectivity index (χ3n) is 4.64. The van der Waals surface area contributed by atoms with Crippen molar-refractivity contribution in [1.82, 2.24) is 4.90 Å². The van der Waals surface area contributed by atoms with Crippen LogP contribution in [0.2, 0.25) is 0 Å². The molecule has 0 radical (unpaired) electrons. The van der Waals surface area contributed by atoms with E-state index >= 15 is 0 Å². The van der Waals surface area contributed by atoms with Gasteiger partial charge in [-0.15, -0.1) is 0 Å². The van der Waals surface area contributed by atoms with Crippen LogP contribution in [0.5, 0.6) is 0 Å². The fraction of sp³-hybridized carbons (Fsp3) is 0.929. The largest absolute Gasteiger partial charge is 0.300 e. The SMILES string of the molecule is CC1CCCN(CC2CCCCC2=O)C1C. The highest BCUT2D eigenvalue weighted by atomic mass is 16.1. The Morgan fingerprint density at radius 2 is 2.00 bits per heavy atom. The topological polar surface area (TPSA) is 20.3 Å². The maximum Gasteiger partial charge on any atom is 0.137 e. The zero-order valence-corrected chi connectivity index (χ0v) is 10.7. The number of hydrogen-bond donors (Lipinski definition) is 0. The summed E-state index contributed by atoms with van der Waals surface area (Å²) in [5.74, 6) is 1.67. The van der Waals surface area contributed by atoms with Gasteiger partial charge in [0.25, 0.3) is 0 Å². The van der Waals surface area contributed by atoms with E-state index in [9.17, 15) is 4.79 Å². The monoisotopic (exact) mass is 223 g/mol. The molecule has 0 amide bonds. The summed E-state index contributed by atoms with van der Waals surface area (Å²) >= 11 is 0. The summed E-state index contributed by atoms with van der Waals surface area (Å²) in [6.07, 6.45) is 7.02. The molecule has 2 heteroatoms. The second-order valence-electron chi connectivity index (χ2n) is 5.76. The predicted octanol–water partition coefficient (Wildman–Crippen LogP) is 2.87. The van der Waals surface area contributed by atoms with Crippen molar-refractivity contribution in [3.63, 3.8) is 0 Å². The van der Waals surface area contributed by atoms with Gasteiger partial charge in [-0.05, 0) is 45.1 Å². The maximum atomic E-state index is 11.8. The Bertz CT molecular complexity index is 251. The van der Waals surface area contributed by atoms with Gasteiger partial charge < -0.3 is 0 Å². The minimum atomic E-state index is 0.349. The molecule has 0 spiro atoms. The average Bonchev–Trinajstić information content (AvgIpc) is 2.28. The first-order valence-electron chi connectivity index (χ1n) is 6.95. The number of rotatable bonds is 2. The van der Waals surface area contributed by atoms with E-state index < -0.39 is 0 Å². The molecule has 0 aromatic carbocycles. The highest BCUT2D eigenvalue weighted by Crippen LogP contribution is 2.27. The quantitative estimate of drug-likeness (QED) is 0.717. The van der Waals surface area contributed by atoms with E-state index in [1.807, 2.05) is 0 Å². The lowest BCUT2D eigenvalue weighted by molar-refractivity contribution is -0.125. The Balaban J connectivity index is 1.90. The lowest BCUT2D eigenvalue weighted by Crippen LogP contribution is -2.46. The van der Waals surface area contributed by atoms with Crippen molar-refractivity contribution >= 4 is 5.78 Å². The van der Waals surface area contributed by atoms with E-state index in [-0.39, 0.29) is 0 Å². The van der Waals surface area contributed by atoms with Crippen LogP contribution in [0.25, 0.3) is 0 Å². The first-order valence-corrected chi connectivity index (χ1v) is 6.95. The molecule has 1 aliphatic carbocycles. The summed E-state index contributed by atoms with van der Waals surface area (Å²) in [5, 5.41) is 0. The Morgan fingerprint density at radius 1 is 1.19 bits per heavy atom. The summed E-state index contributed by atoms with van der Waals surface area (Å²) < 4.78 is 0. The van der Waals surface area contributed by atoms with Crippen molar-refractivity contribution in [2.75, 3.05) is 13.1 Å². The molecule has 2 nitrogen and oxygen atoms in total. The van der Waals surface area contributed by atoms with E-state index in [2.05, 4.69) is 18.7 Å². The van der Waals surface area contributed by atoms with Crippen molar-refractivity contribution in [3.05, 3.63) is 0 Å². The number of Topliss-reactive ketones (excluding diaryl/α,β-unsaturated/α-hetero) is 1. The van der Waals surface area contributed by atoms with Crippen LogP contribution in [0.1, 0.15) is 52.4 Å². The van der Waals surface area contributed by atoms with Crippen LogP contribution in [0.3, 0.4) is 0 Å². The van der Waals surface area contributed by atoms with Gasteiger partial charge in [0.05, 0.1) is 0 Å². The molecule has 0 bridgehead atoms. The molecule has 1 aliphatic heterocycles. The highest BCUT2D eigenvalue weighted by molar-refractivity contribution is 5.81. The lowest BCUT2D eigenvalue weighted by Gasteiger charge is -2.40. The smallest absolute Gasteiger partial charge is 0.137 e. The molecule has 3 atom stereocenters. The van der Waals surface area contributed by atoms with Crippen molar-refractivity contribution in [3.8, 4) is 0 Å². The molecular formula is C14H25NO. The van der Waals surface area contributed by atoms with Gasteiger partial charge in [0, 0.05) is 24.9 Å². The number of nitrogens with zero attached hydrogens (tertiary/aromatic N) is 1. The lowest BCUT2D eigenvalue weighted by atomic mass is 9.85. The number of ketones is 1.